The zero-order chi connectivity index (χ0) is 13.7. The van der Waals surface area contributed by atoms with E-state index in [1.165, 1.54) is 0 Å². The molecule has 1 N–H and O–H groups in total. The van der Waals surface area contributed by atoms with Crippen LogP contribution in [0.15, 0.2) is 18.2 Å². The Morgan fingerprint density at radius 2 is 2.00 bits per heavy atom. The molecule has 1 saturated carbocycles. The van der Waals surface area contributed by atoms with Gasteiger partial charge in [0.2, 0.25) is 0 Å². The lowest BCUT2D eigenvalue weighted by molar-refractivity contribution is 0.0681. The van der Waals surface area contributed by atoms with E-state index in [1.54, 1.807) is 7.11 Å². The zero-order valence-electron chi connectivity index (χ0n) is 11.6. The molecule has 0 heterocycles. The molecule has 0 atom stereocenters. The predicted octanol–water partition coefficient (Wildman–Crippen LogP) is 4.11. The van der Waals surface area contributed by atoms with Crippen molar-refractivity contribution in [3.05, 3.63) is 23.2 Å². The maximum absolute atomic E-state index is 6.06. The van der Waals surface area contributed by atoms with E-state index in [0.29, 0.717) is 18.8 Å². The maximum Gasteiger partial charge on any atom is 0.142 e. The van der Waals surface area contributed by atoms with Gasteiger partial charge in [-0.2, -0.15) is 0 Å². The average Bonchev–Trinajstić information content (AvgIpc) is 2.43. The molecule has 1 aromatic rings. The summed E-state index contributed by atoms with van der Waals surface area (Å²) in [6.45, 7) is 2.65. The van der Waals surface area contributed by atoms with E-state index in [2.05, 4.69) is 5.32 Å². The molecule has 3 nitrogen and oxygen atoms in total. The highest BCUT2D eigenvalue weighted by molar-refractivity contribution is 6.30. The third kappa shape index (κ3) is 4.02. The molecule has 0 unspecified atom stereocenters. The van der Waals surface area contributed by atoms with Crippen LogP contribution in [0.4, 0.5) is 5.69 Å². The topological polar surface area (TPSA) is 30.5 Å². The molecular weight excluding hydrogens is 262 g/mol. The molecule has 0 aliphatic heterocycles. The lowest BCUT2D eigenvalue weighted by atomic mass is 9.93. The molecule has 1 aliphatic rings. The van der Waals surface area contributed by atoms with Crippen LogP contribution in [0.2, 0.25) is 5.02 Å². The van der Waals surface area contributed by atoms with Crippen LogP contribution in [-0.2, 0) is 4.74 Å². The van der Waals surface area contributed by atoms with E-state index in [1.807, 2.05) is 25.1 Å². The van der Waals surface area contributed by atoms with Crippen LogP contribution in [0.25, 0.3) is 0 Å². The number of benzene rings is 1. The first kappa shape index (κ1) is 14.5. The summed E-state index contributed by atoms with van der Waals surface area (Å²) in [5.41, 5.74) is 0.996. The summed E-state index contributed by atoms with van der Waals surface area (Å²) in [4.78, 5) is 0. The van der Waals surface area contributed by atoms with Crippen molar-refractivity contribution in [2.75, 3.05) is 19.0 Å². The lowest BCUT2D eigenvalue weighted by Gasteiger charge is -2.29. The van der Waals surface area contributed by atoms with Gasteiger partial charge in [-0.25, -0.2) is 0 Å². The van der Waals surface area contributed by atoms with E-state index >= 15 is 0 Å². The quantitative estimate of drug-likeness (QED) is 0.882. The number of methoxy groups -OCH3 is 1. The van der Waals surface area contributed by atoms with E-state index < -0.39 is 0 Å². The number of halogens is 1. The van der Waals surface area contributed by atoms with Gasteiger partial charge in [-0.3, -0.25) is 0 Å². The van der Waals surface area contributed by atoms with Crippen LogP contribution in [0.1, 0.15) is 32.6 Å². The van der Waals surface area contributed by atoms with Gasteiger partial charge in [-0.15, -0.1) is 0 Å². The summed E-state index contributed by atoms with van der Waals surface area (Å²) >= 11 is 6.06. The summed E-state index contributed by atoms with van der Waals surface area (Å²) in [6.07, 6.45) is 4.88. The van der Waals surface area contributed by atoms with Crippen molar-refractivity contribution in [2.24, 2.45) is 0 Å². The molecule has 0 aromatic heterocycles. The van der Waals surface area contributed by atoms with Gasteiger partial charge in [0.25, 0.3) is 0 Å². The largest absolute Gasteiger partial charge is 0.492 e. The van der Waals surface area contributed by atoms with E-state index in [9.17, 15) is 0 Å². The highest BCUT2D eigenvalue weighted by Gasteiger charge is 2.21. The third-order valence-electron chi connectivity index (χ3n) is 3.61. The minimum atomic E-state index is 0.420. The molecule has 4 heteroatoms. The smallest absolute Gasteiger partial charge is 0.142 e. The van der Waals surface area contributed by atoms with Crippen LogP contribution in [-0.4, -0.2) is 25.9 Å². The van der Waals surface area contributed by atoms with Crippen LogP contribution >= 0.6 is 11.6 Å². The van der Waals surface area contributed by atoms with Gasteiger partial charge in [0.05, 0.1) is 18.4 Å². The van der Waals surface area contributed by atoms with Crippen LogP contribution in [0.3, 0.4) is 0 Å². The second kappa shape index (κ2) is 7.01. The average molecular weight is 284 g/mol. The molecule has 0 bridgehead atoms. The molecule has 19 heavy (non-hydrogen) atoms. The Kier molecular flexibility index (Phi) is 5.34. The summed E-state index contributed by atoms with van der Waals surface area (Å²) in [7, 11) is 1.79. The predicted molar refractivity (Wildman–Crippen MR) is 79.3 cm³/mol. The fraction of sp³-hybridized carbons (Fsp3) is 0.600. The summed E-state index contributed by atoms with van der Waals surface area (Å²) in [6, 6.07) is 6.20. The fourth-order valence-electron chi connectivity index (χ4n) is 2.56. The molecule has 0 spiro atoms. The Morgan fingerprint density at radius 1 is 1.26 bits per heavy atom. The normalized spacial score (nSPS) is 23.1. The Morgan fingerprint density at radius 3 is 2.63 bits per heavy atom. The molecule has 2 rings (SSSR count). The number of hydrogen-bond acceptors (Lipinski definition) is 3. The molecule has 0 amide bonds. The van der Waals surface area contributed by atoms with Crippen molar-refractivity contribution in [1.29, 1.82) is 0 Å². The lowest BCUT2D eigenvalue weighted by Crippen LogP contribution is -2.29. The first-order chi connectivity index (χ1) is 9.22. The second-order valence-corrected chi connectivity index (χ2v) is 5.36. The Labute approximate surface area is 120 Å². The molecule has 1 aliphatic carbocycles. The van der Waals surface area contributed by atoms with Gasteiger partial charge in [-0.1, -0.05) is 11.6 Å². The van der Waals surface area contributed by atoms with Crippen molar-refractivity contribution in [1.82, 2.24) is 0 Å². The SMILES string of the molecule is CCOc1ccc(Cl)cc1NC1CCC(OC)CC1. The summed E-state index contributed by atoms with van der Waals surface area (Å²) < 4.78 is 11.0. The third-order valence-corrected chi connectivity index (χ3v) is 3.84. The van der Waals surface area contributed by atoms with Gasteiger partial charge in [0.15, 0.2) is 0 Å². The highest BCUT2D eigenvalue weighted by atomic mass is 35.5. The minimum Gasteiger partial charge on any atom is -0.492 e. The molecular formula is C15H22ClNO2. The van der Waals surface area contributed by atoms with E-state index in [-0.39, 0.29) is 0 Å². The van der Waals surface area contributed by atoms with Crippen molar-refractivity contribution >= 4 is 17.3 Å². The number of anilines is 1. The molecule has 0 saturated heterocycles. The van der Waals surface area contributed by atoms with Crippen molar-refractivity contribution in [3.8, 4) is 5.75 Å². The van der Waals surface area contributed by atoms with Gasteiger partial charge in [0, 0.05) is 18.2 Å². The van der Waals surface area contributed by atoms with E-state index in [0.717, 1.165) is 42.1 Å². The van der Waals surface area contributed by atoms with Crippen molar-refractivity contribution in [2.45, 2.75) is 44.8 Å². The zero-order valence-corrected chi connectivity index (χ0v) is 12.4. The fourth-order valence-corrected chi connectivity index (χ4v) is 2.73. The van der Waals surface area contributed by atoms with Crippen molar-refractivity contribution in [3.63, 3.8) is 0 Å². The maximum atomic E-state index is 6.06. The molecule has 0 radical (unpaired) electrons. The monoisotopic (exact) mass is 283 g/mol. The standard InChI is InChI=1S/C15H22ClNO2/c1-3-19-15-9-4-11(16)10-14(15)17-12-5-7-13(18-2)8-6-12/h4,9-10,12-13,17H,3,5-8H2,1-2H3. The minimum absolute atomic E-state index is 0.420. The molecule has 1 aromatic carbocycles. The number of nitrogens with one attached hydrogen (secondary N) is 1. The van der Waals surface area contributed by atoms with Crippen LogP contribution in [0.5, 0.6) is 5.75 Å². The van der Waals surface area contributed by atoms with Gasteiger partial charge in [0.1, 0.15) is 5.75 Å². The first-order valence-corrected chi connectivity index (χ1v) is 7.32. The van der Waals surface area contributed by atoms with Crippen molar-refractivity contribution < 1.29 is 9.47 Å². The van der Waals surface area contributed by atoms with Crippen LogP contribution in [0, 0.1) is 0 Å². The van der Waals surface area contributed by atoms with Gasteiger partial charge < -0.3 is 14.8 Å². The highest BCUT2D eigenvalue weighted by Crippen LogP contribution is 2.31. The van der Waals surface area contributed by atoms with Gasteiger partial charge in [-0.05, 0) is 50.8 Å². The van der Waals surface area contributed by atoms with E-state index in [4.69, 9.17) is 21.1 Å². The second-order valence-electron chi connectivity index (χ2n) is 4.93. The van der Waals surface area contributed by atoms with Crippen LogP contribution < -0.4 is 10.1 Å². The molecule has 1 fully saturated rings. The Bertz CT molecular complexity index is 403. The Hall–Kier alpha value is -0.930. The summed E-state index contributed by atoms with van der Waals surface area (Å²) in [5.74, 6) is 0.876. The molecule has 106 valence electrons. The Balaban J connectivity index is 2.00. The summed E-state index contributed by atoms with van der Waals surface area (Å²) in [5, 5.41) is 4.29. The van der Waals surface area contributed by atoms with Gasteiger partial charge >= 0.3 is 0 Å². The number of ether oxygens (including phenoxy) is 2. The number of hydrogen-bond donors (Lipinski definition) is 1. The first-order valence-electron chi connectivity index (χ1n) is 6.94. The number of rotatable bonds is 5.